The van der Waals surface area contributed by atoms with E-state index in [9.17, 15) is 4.39 Å². The van der Waals surface area contributed by atoms with Crippen LogP contribution >= 0.6 is 0 Å². The van der Waals surface area contributed by atoms with Gasteiger partial charge in [0.15, 0.2) is 11.6 Å². The minimum Gasteiger partial charge on any atom is -0.494 e. The molecule has 0 heterocycles. The first kappa shape index (κ1) is 15.6. The number of nitrogens with one attached hydrogen (secondary N) is 1. The number of methoxy groups -OCH3 is 1. The molecule has 108 valence electrons. The third-order valence-corrected chi connectivity index (χ3v) is 3.09. The van der Waals surface area contributed by atoms with Gasteiger partial charge < -0.3 is 20.9 Å². The number of ether oxygens (including phenoxy) is 1. The maximum Gasteiger partial charge on any atom is 0.167 e. The number of anilines is 2. The highest BCUT2D eigenvalue weighted by Crippen LogP contribution is 2.30. The Morgan fingerprint density at radius 3 is 2.68 bits per heavy atom. The lowest BCUT2D eigenvalue weighted by Crippen LogP contribution is -2.23. The Balaban J connectivity index is 2.72. The zero-order chi connectivity index (χ0) is 14.5. The molecule has 0 aromatic heterocycles. The third-order valence-electron chi connectivity index (χ3n) is 3.09. The Morgan fingerprint density at radius 1 is 1.42 bits per heavy atom. The van der Waals surface area contributed by atoms with Gasteiger partial charge in [0.1, 0.15) is 0 Å². The molecule has 0 aliphatic rings. The van der Waals surface area contributed by atoms with Crippen LogP contribution in [0.3, 0.4) is 0 Å². The Labute approximate surface area is 113 Å². The number of rotatable bonds is 7. The number of hydrogen-bond donors (Lipinski definition) is 3. The summed E-state index contributed by atoms with van der Waals surface area (Å²) in [5, 5.41) is 12.1. The van der Waals surface area contributed by atoms with Gasteiger partial charge in [-0.25, -0.2) is 4.39 Å². The van der Waals surface area contributed by atoms with Gasteiger partial charge in [-0.1, -0.05) is 13.8 Å². The van der Waals surface area contributed by atoms with E-state index in [4.69, 9.17) is 15.6 Å². The molecule has 5 heteroatoms. The molecule has 0 fully saturated rings. The zero-order valence-electron chi connectivity index (χ0n) is 11.8. The fraction of sp³-hybridized carbons (Fsp3) is 0.571. The molecule has 1 aromatic rings. The summed E-state index contributed by atoms with van der Waals surface area (Å²) >= 11 is 0. The van der Waals surface area contributed by atoms with E-state index in [0.717, 1.165) is 12.8 Å². The van der Waals surface area contributed by atoms with Crippen LogP contribution < -0.4 is 15.8 Å². The molecule has 1 rings (SSSR count). The summed E-state index contributed by atoms with van der Waals surface area (Å²) in [5.74, 6) is -0.296. The first-order chi connectivity index (χ1) is 8.89. The highest BCUT2D eigenvalue weighted by atomic mass is 19.1. The molecule has 0 saturated carbocycles. The predicted molar refractivity (Wildman–Crippen MR) is 76.0 cm³/mol. The van der Waals surface area contributed by atoms with E-state index < -0.39 is 5.82 Å². The molecule has 0 radical (unpaired) electrons. The minimum absolute atomic E-state index is 0.0246. The average Bonchev–Trinajstić information content (AvgIpc) is 2.35. The fourth-order valence-corrected chi connectivity index (χ4v) is 1.86. The van der Waals surface area contributed by atoms with Gasteiger partial charge in [-0.15, -0.1) is 0 Å². The first-order valence-electron chi connectivity index (χ1n) is 6.37. The summed E-state index contributed by atoms with van der Waals surface area (Å²) in [6.45, 7) is 5.08. The SMILES string of the molecule is COc1cc(NCC(C)(C)CCCO)c(N)cc1F. The van der Waals surface area contributed by atoms with Crippen molar-refractivity contribution in [1.29, 1.82) is 0 Å². The molecule has 4 nitrogen and oxygen atoms in total. The van der Waals surface area contributed by atoms with Crippen molar-refractivity contribution in [1.82, 2.24) is 0 Å². The van der Waals surface area contributed by atoms with Gasteiger partial charge in [0.05, 0.1) is 18.5 Å². The van der Waals surface area contributed by atoms with E-state index in [1.807, 2.05) is 0 Å². The summed E-state index contributed by atoms with van der Waals surface area (Å²) in [7, 11) is 1.42. The lowest BCUT2D eigenvalue weighted by atomic mass is 9.88. The second-order valence-corrected chi connectivity index (χ2v) is 5.42. The van der Waals surface area contributed by atoms with Crippen molar-refractivity contribution in [2.45, 2.75) is 26.7 Å². The molecule has 0 aliphatic carbocycles. The maximum atomic E-state index is 13.4. The predicted octanol–water partition coefficient (Wildman–Crippen LogP) is 2.63. The number of aliphatic hydroxyl groups excluding tert-OH is 1. The van der Waals surface area contributed by atoms with E-state index in [0.29, 0.717) is 17.9 Å². The highest BCUT2D eigenvalue weighted by molar-refractivity contribution is 5.68. The van der Waals surface area contributed by atoms with Crippen molar-refractivity contribution in [2.75, 3.05) is 31.3 Å². The standard InChI is InChI=1S/C14H23FN2O2/c1-14(2,5-4-6-18)9-17-12-8-13(19-3)10(15)7-11(12)16/h7-8,17-18H,4-6,9,16H2,1-3H3. The highest BCUT2D eigenvalue weighted by Gasteiger charge is 2.18. The molecule has 0 spiro atoms. The second-order valence-electron chi connectivity index (χ2n) is 5.42. The van der Waals surface area contributed by atoms with Crippen LogP contribution in [0.4, 0.5) is 15.8 Å². The van der Waals surface area contributed by atoms with Crippen molar-refractivity contribution in [3.63, 3.8) is 0 Å². The Kier molecular flexibility index (Phi) is 5.42. The molecule has 19 heavy (non-hydrogen) atoms. The first-order valence-corrected chi connectivity index (χ1v) is 6.37. The van der Waals surface area contributed by atoms with E-state index in [1.165, 1.54) is 13.2 Å². The second kappa shape index (κ2) is 6.61. The van der Waals surface area contributed by atoms with Crippen LogP contribution in [0.25, 0.3) is 0 Å². The largest absolute Gasteiger partial charge is 0.494 e. The Hall–Kier alpha value is -1.49. The Bertz CT molecular complexity index is 422. The van der Waals surface area contributed by atoms with Crippen LogP contribution in [0.2, 0.25) is 0 Å². The molecule has 0 amide bonds. The monoisotopic (exact) mass is 270 g/mol. The Morgan fingerprint density at radius 2 is 2.11 bits per heavy atom. The van der Waals surface area contributed by atoms with Gasteiger partial charge in [0.25, 0.3) is 0 Å². The van der Waals surface area contributed by atoms with E-state index in [-0.39, 0.29) is 17.8 Å². The smallest absolute Gasteiger partial charge is 0.167 e. The molecular weight excluding hydrogens is 247 g/mol. The molecular formula is C14H23FN2O2. The number of aliphatic hydroxyl groups is 1. The average molecular weight is 270 g/mol. The number of nitrogen functional groups attached to an aromatic ring is 1. The number of nitrogens with two attached hydrogens (primary N) is 1. The molecule has 0 unspecified atom stereocenters. The lowest BCUT2D eigenvalue weighted by Gasteiger charge is -2.25. The summed E-state index contributed by atoms with van der Waals surface area (Å²) < 4.78 is 18.3. The van der Waals surface area contributed by atoms with Crippen LogP contribution in [0.1, 0.15) is 26.7 Å². The molecule has 0 atom stereocenters. The minimum atomic E-state index is -0.468. The normalized spacial score (nSPS) is 11.4. The number of benzene rings is 1. The molecule has 1 aromatic carbocycles. The quantitative estimate of drug-likeness (QED) is 0.666. The van der Waals surface area contributed by atoms with Crippen molar-refractivity contribution in [3.8, 4) is 5.75 Å². The van der Waals surface area contributed by atoms with Gasteiger partial charge in [-0.05, 0) is 18.3 Å². The van der Waals surface area contributed by atoms with Gasteiger partial charge in [0, 0.05) is 25.3 Å². The summed E-state index contributed by atoms with van der Waals surface area (Å²) in [6, 6.07) is 2.81. The zero-order valence-corrected chi connectivity index (χ0v) is 11.8. The van der Waals surface area contributed by atoms with Crippen LogP contribution in [0, 0.1) is 11.2 Å². The van der Waals surface area contributed by atoms with E-state index in [2.05, 4.69) is 19.2 Å². The van der Waals surface area contributed by atoms with Gasteiger partial charge in [-0.2, -0.15) is 0 Å². The van der Waals surface area contributed by atoms with Crippen LogP contribution in [-0.2, 0) is 0 Å². The summed E-state index contributed by atoms with van der Waals surface area (Å²) in [4.78, 5) is 0. The molecule has 0 saturated heterocycles. The van der Waals surface area contributed by atoms with Crippen molar-refractivity contribution < 1.29 is 14.2 Å². The van der Waals surface area contributed by atoms with E-state index >= 15 is 0 Å². The fourth-order valence-electron chi connectivity index (χ4n) is 1.86. The third kappa shape index (κ3) is 4.59. The number of halogens is 1. The van der Waals surface area contributed by atoms with Crippen molar-refractivity contribution in [3.05, 3.63) is 17.9 Å². The van der Waals surface area contributed by atoms with Crippen molar-refractivity contribution >= 4 is 11.4 Å². The van der Waals surface area contributed by atoms with Crippen LogP contribution in [-0.4, -0.2) is 25.4 Å². The summed E-state index contributed by atoms with van der Waals surface area (Å²) in [6.07, 6.45) is 1.66. The van der Waals surface area contributed by atoms with Crippen LogP contribution in [0.15, 0.2) is 12.1 Å². The van der Waals surface area contributed by atoms with Crippen molar-refractivity contribution in [2.24, 2.45) is 5.41 Å². The van der Waals surface area contributed by atoms with Crippen LogP contribution in [0.5, 0.6) is 5.75 Å². The van der Waals surface area contributed by atoms with Gasteiger partial charge in [0.2, 0.25) is 0 Å². The topological polar surface area (TPSA) is 67.5 Å². The molecule has 4 N–H and O–H groups in total. The van der Waals surface area contributed by atoms with Gasteiger partial charge >= 0.3 is 0 Å². The number of hydrogen-bond acceptors (Lipinski definition) is 4. The van der Waals surface area contributed by atoms with E-state index in [1.54, 1.807) is 6.07 Å². The lowest BCUT2D eigenvalue weighted by molar-refractivity contribution is 0.248. The maximum absolute atomic E-state index is 13.4. The summed E-state index contributed by atoms with van der Waals surface area (Å²) in [5.41, 5.74) is 6.82. The molecule has 0 aliphatic heterocycles. The molecule has 0 bridgehead atoms. The van der Waals surface area contributed by atoms with Gasteiger partial charge in [-0.3, -0.25) is 0 Å².